The number of benzene rings is 1. The lowest BCUT2D eigenvalue weighted by atomic mass is 9.81. The van der Waals surface area contributed by atoms with Crippen molar-refractivity contribution in [2.45, 2.75) is 40.0 Å². The lowest BCUT2D eigenvalue weighted by Gasteiger charge is -2.29. The van der Waals surface area contributed by atoms with Gasteiger partial charge in [0.05, 0.1) is 0 Å². The van der Waals surface area contributed by atoms with Crippen LogP contribution in [0.3, 0.4) is 0 Å². The van der Waals surface area contributed by atoms with E-state index in [4.69, 9.17) is 23.2 Å². The van der Waals surface area contributed by atoms with Gasteiger partial charge in [-0.15, -0.1) is 0 Å². The number of nitrogens with one attached hydrogen (secondary N) is 1. The second-order valence-corrected chi connectivity index (χ2v) is 6.10. The maximum Gasteiger partial charge on any atom is 0.0439 e. The van der Waals surface area contributed by atoms with Crippen LogP contribution in [0.5, 0.6) is 0 Å². The van der Waals surface area contributed by atoms with Gasteiger partial charge in [-0.05, 0) is 55.0 Å². The van der Waals surface area contributed by atoms with E-state index in [1.165, 1.54) is 0 Å². The third-order valence-corrected chi connectivity index (χ3v) is 4.06. The molecule has 0 amide bonds. The average molecular weight is 288 g/mol. The predicted octanol–water partition coefficient (Wildman–Crippen LogP) is 4.95. The minimum atomic E-state index is 0.226. The van der Waals surface area contributed by atoms with Gasteiger partial charge in [-0.25, -0.2) is 0 Å². The SMILES string of the molecule is CCCNCC(C)(CC)Cc1cc(Cl)ccc1Cl. The molecule has 1 atom stereocenters. The Morgan fingerprint density at radius 2 is 1.94 bits per heavy atom. The Morgan fingerprint density at radius 3 is 2.56 bits per heavy atom. The summed E-state index contributed by atoms with van der Waals surface area (Å²) in [6, 6.07) is 5.71. The molecule has 1 N–H and O–H groups in total. The van der Waals surface area contributed by atoms with Gasteiger partial charge in [0, 0.05) is 16.6 Å². The highest BCUT2D eigenvalue weighted by Crippen LogP contribution is 2.30. The van der Waals surface area contributed by atoms with Crippen LogP contribution < -0.4 is 5.32 Å². The van der Waals surface area contributed by atoms with E-state index in [1.54, 1.807) is 0 Å². The molecule has 0 fully saturated rings. The van der Waals surface area contributed by atoms with Gasteiger partial charge >= 0.3 is 0 Å². The number of hydrogen-bond acceptors (Lipinski definition) is 1. The van der Waals surface area contributed by atoms with Crippen LogP contribution in [0.15, 0.2) is 18.2 Å². The monoisotopic (exact) mass is 287 g/mol. The Morgan fingerprint density at radius 1 is 1.22 bits per heavy atom. The largest absolute Gasteiger partial charge is 0.316 e. The molecule has 18 heavy (non-hydrogen) atoms. The third-order valence-electron chi connectivity index (χ3n) is 3.46. The van der Waals surface area contributed by atoms with Crippen molar-refractivity contribution in [3.63, 3.8) is 0 Å². The lowest BCUT2D eigenvalue weighted by Crippen LogP contribution is -2.33. The zero-order valence-corrected chi connectivity index (χ0v) is 13.0. The van der Waals surface area contributed by atoms with Gasteiger partial charge in [0.2, 0.25) is 0 Å². The van der Waals surface area contributed by atoms with Crippen molar-refractivity contribution in [1.29, 1.82) is 0 Å². The summed E-state index contributed by atoms with van der Waals surface area (Å²) in [4.78, 5) is 0. The first-order valence-electron chi connectivity index (χ1n) is 6.65. The molecule has 0 aliphatic rings. The van der Waals surface area contributed by atoms with E-state index in [1.807, 2.05) is 18.2 Å². The molecule has 1 nitrogen and oxygen atoms in total. The van der Waals surface area contributed by atoms with Crippen LogP contribution in [-0.4, -0.2) is 13.1 Å². The Kier molecular flexibility index (Phi) is 6.48. The molecule has 0 saturated heterocycles. The molecule has 1 rings (SSSR count). The fourth-order valence-electron chi connectivity index (χ4n) is 2.02. The summed E-state index contributed by atoms with van der Waals surface area (Å²) in [5.41, 5.74) is 1.37. The highest BCUT2D eigenvalue weighted by atomic mass is 35.5. The minimum Gasteiger partial charge on any atom is -0.316 e. The van der Waals surface area contributed by atoms with Crippen molar-refractivity contribution in [1.82, 2.24) is 5.32 Å². The minimum absolute atomic E-state index is 0.226. The normalized spacial score (nSPS) is 14.5. The zero-order chi connectivity index (χ0) is 13.6. The van der Waals surface area contributed by atoms with E-state index < -0.39 is 0 Å². The van der Waals surface area contributed by atoms with Crippen LogP contribution in [0.1, 0.15) is 39.2 Å². The second kappa shape index (κ2) is 7.37. The van der Waals surface area contributed by atoms with E-state index >= 15 is 0 Å². The molecule has 0 aromatic heterocycles. The molecule has 0 aliphatic heterocycles. The van der Waals surface area contributed by atoms with Gasteiger partial charge in [0.1, 0.15) is 0 Å². The van der Waals surface area contributed by atoms with E-state index in [2.05, 4.69) is 26.1 Å². The molecule has 0 saturated carbocycles. The van der Waals surface area contributed by atoms with Crippen molar-refractivity contribution in [2.75, 3.05) is 13.1 Å². The smallest absolute Gasteiger partial charge is 0.0439 e. The second-order valence-electron chi connectivity index (χ2n) is 5.25. The van der Waals surface area contributed by atoms with Crippen molar-refractivity contribution in [2.24, 2.45) is 5.41 Å². The molecule has 1 aromatic carbocycles. The molecule has 0 bridgehead atoms. The molecule has 0 spiro atoms. The fourth-order valence-corrected chi connectivity index (χ4v) is 2.40. The molecular formula is C15H23Cl2N. The van der Waals surface area contributed by atoms with Gasteiger partial charge in [-0.1, -0.05) is 44.0 Å². The fraction of sp³-hybridized carbons (Fsp3) is 0.600. The van der Waals surface area contributed by atoms with Crippen LogP contribution in [0.4, 0.5) is 0 Å². The highest BCUT2D eigenvalue weighted by molar-refractivity contribution is 6.33. The van der Waals surface area contributed by atoms with Gasteiger partial charge in [-0.3, -0.25) is 0 Å². The number of halogens is 2. The maximum atomic E-state index is 6.24. The molecule has 1 aromatic rings. The number of hydrogen-bond donors (Lipinski definition) is 1. The van der Waals surface area contributed by atoms with E-state index in [0.29, 0.717) is 0 Å². The summed E-state index contributed by atoms with van der Waals surface area (Å²) in [5, 5.41) is 5.08. The summed E-state index contributed by atoms with van der Waals surface area (Å²) >= 11 is 12.3. The van der Waals surface area contributed by atoms with Gasteiger partial charge in [0.15, 0.2) is 0 Å². The summed E-state index contributed by atoms with van der Waals surface area (Å²) in [6.07, 6.45) is 3.24. The highest BCUT2D eigenvalue weighted by Gasteiger charge is 2.23. The van der Waals surface area contributed by atoms with Crippen molar-refractivity contribution >= 4 is 23.2 Å². The molecule has 0 heterocycles. The standard InChI is InChI=1S/C15H23Cl2N/c1-4-8-18-11-15(3,5-2)10-12-9-13(16)6-7-14(12)17/h6-7,9,18H,4-5,8,10-11H2,1-3H3. The molecule has 3 heteroatoms. The van der Waals surface area contributed by atoms with Gasteiger partial charge < -0.3 is 5.32 Å². The Hall–Kier alpha value is -0.240. The first-order chi connectivity index (χ1) is 8.50. The average Bonchev–Trinajstić information content (AvgIpc) is 2.34. The zero-order valence-electron chi connectivity index (χ0n) is 11.5. The van der Waals surface area contributed by atoms with Crippen LogP contribution in [0.25, 0.3) is 0 Å². The first kappa shape index (κ1) is 15.8. The van der Waals surface area contributed by atoms with Crippen LogP contribution in [0.2, 0.25) is 10.0 Å². The Bertz CT molecular complexity index is 379. The molecular weight excluding hydrogens is 265 g/mol. The third kappa shape index (κ3) is 4.79. The first-order valence-corrected chi connectivity index (χ1v) is 7.41. The molecule has 102 valence electrons. The summed E-state index contributed by atoms with van der Waals surface area (Å²) in [7, 11) is 0. The summed E-state index contributed by atoms with van der Waals surface area (Å²) in [6.45, 7) is 8.79. The van der Waals surface area contributed by atoms with Gasteiger partial charge in [-0.2, -0.15) is 0 Å². The van der Waals surface area contributed by atoms with E-state index in [0.717, 1.165) is 48.0 Å². The topological polar surface area (TPSA) is 12.0 Å². The summed E-state index contributed by atoms with van der Waals surface area (Å²) < 4.78 is 0. The maximum absolute atomic E-state index is 6.24. The van der Waals surface area contributed by atoms with Crippen LogP contribution in [-0.2, 0) is 6.42 Å². The molecule has 0 aliphatic carbocycles. The quantitative estimate of drug-likeness (QED) is 0.700. The van der Waals surface area contributed by atoms with E-state index in [-0.39, 0.29) is 5.41 Å². The number of rotatable bonds is 7. The van der Waals surface area contributed by atoms with Crippen molar-refractivity contribution in [3.8, 4) is 0 Å². The summed E-state index contributed by atoms with van der Waals surface area (Å²) in [5.74, 6) is 0. The van der Waals surface area contributed by atoms with Gasteiger partial charge in [0.25, 0.3) is 0 Å². The lowest BCUT2D eigenvalue weighted by molar-refractivity contribution is 0.291. The van der Waals surface area contributed by atoms with E-state index in [9.17, 15) is 0 Å². The van der Waals surface area contributed by atoms with Crippen molar-refractivity contribution < 1.29 is 0 Å². The Balaban J connectivity index is 2.74. The van der Waals surface area contributed by atoms with Crippen molar-refractivity contribution in [3.05, 3.63) is 33.8 Å². The predicted molar refractivity (Wildman–Crippen MR) is 81.7 cm³/mol. The molecule has 0 radical (unpaired) electrons. The molecule has 1 unspecified atom stereocenters. The Labute approximate surface area is 121 Å². The van der Waals surface area contributed by atoms with Crippen LogP contribution in [0, 0.1) is 5.41 Å². The van der Waals surface area contributed by atoms with Crippen LogP contribution >= 0.6 is 23.2 Å².